The van der Waals surface area contributed by atoms with Crippen molar-refractivity contribution in [2.45, 2.75) is 47.5 Å². The third-order valence-corrected chi connectivity index (χ3v) is 9.11. The molecular weight excluding hydrogens is 296 g/mol. The zero-order valence-corrected chi connectivity index (χ0v) is 12.9. The Hall–Kier alpha value is -0.560. The molecule has 4 nitrogen and oxygen atoms in total. The average Bonchev–Trinajstić information content (AvgIpc) is 2.73. The summed E-state index contributed by atoms with van der Waals surface area (Å²) in [6, 6.07) is 6.86. The first-order chi connectivity index (χ1) is 9.43. The standard InChI is InChI=1S/C14H20O4S2/c15-19(16)10-14(12-8-4-5-9-13(12)19)20(17,18)11-6-2-1-3-7-11/h4-5,8-9,11,14-16H,1-3,6-7,10H2. The topological polar surface area (TPSA) is 74.6 Å². The number of benzene rings is 1. The van der Waals surface area contributed by atoms with E-state index in [-0.39, 0.29) is 11.0 Å². The van der Waals surface area contributed by atoms with Gasteiger partial charge in [0.2, 0.25) is 0 Å². The third-order valence-electron chi connectivity index (χ3n) is 4.42. The molecular formula is C14H20O4S2. The van der Waals surface area contributed by atoms with Crippen molar-refractivity contribution in [1.29, 1.82) is 0 Å². The van der Waals surface area contributed by atoms with E-state index in [2.05, 4.69) is 0 Å². The van der Waals surface area contributed by atoms with Crippen molar-refractivity contribution < 1.29 is 17.5 Å². The maximum absolute atomic E-state index is 12.8. The van der Waals surface area contributed by atoms with Crippen LogP contribution in [-0.2, 0) is 9.84 Å². The van der Waals surface area contributed by atoms with Gasteiger partial charge in [-0.05, 0) is 24.5 Å². The van der Waals surface area contributed by atoms with Crippen LogP contribution in [0.25, 0.3) is 0 Å². The Labute approximate surface area is 121 Å². The van der Waals surface area contributed by atoms with E-state index >= 15 is 0 Å². The molecule has 1 fully saturated rings. The fourth-order valence-corrected chi connectivity index (χ4v) is 8.42. The third kappa shape index (κ3) is 2.28. The van der Waals surface area contributed by atoms with Gasteiger partial charge in [-0.15, -0.1) is 0 Å². The molecule has 1 atom stereocenters. The Morgan fingerprint density at radius 1 is 1.05 bits per heavy atom. The van der Waals surface area contributed by atoms with Crippen LogP contribution in [0, 0.1) is 0 Å². The second kappa shape index (κ2) is 5.02. The Morgan fingerprint density at radius 2 is 1.70 bits per heavy atom. The SMILES string of the molecule is O=S(=O)(C1CCCCC1)C1CS(O)(O)c2ccccc21. The molecule has 112 valence electrons. The highest BCUT2D eigenvalue weighted by Crippen LogP contribution is 2.61. The van der Waals surface area contributed by atoms with Crippen molar-refractivity contribution in [3.8, 4) is 0 Å². The van der Waals surface area contributed by atoms with Crippen LogP contribution in [0.3, 0.4) is 0 Å². The molecule has 1 aromatic carbocycles. The largest absolute Gasteiger partial charge is 0.295 e. The molecule has 1 unspecified atom stereocenters. The van der Waals surface area contributed by atoms with Crippen molar-refractivity contribution in [3.63, 3.8) is 0 Å². The van der Waals surface area contributed by atoms with Gasteiger partial charge in [0.05, 0.1) is 15.9 Å². The summed E-state index contributed by atoms with van der Waals surface area (Å²) < 4.78 is 46.0. The highest BCUT2D eigenvalue weighted by molar-refractivity contribution is 8.25. The fourth-order valence-electron chi connectivity index (χ4n) is 3.33. The van der Waals surface area contributed by atoms with Crippen LogP contribution in [0.4, 0.5) is 0 Å². The average molecular weight is 316 g/mol. The highest BCUT2D eigenvalue weighted by atomic mass is 32.3. The molecule has 0 aromatic heterocycles. The molecule has 1 heterocycles. The van der Waals surface area contributed by atoms with Gasteiger partial charge in [-0.25, -0.2) is 8.42 Å². The molecule has 0 saturated heterocycles. The second-order valence-corrected chi connectivity index (χ2v) is 10.2. The molecule has 1 saturated carbocycles. The zero-order chi connectivity index (χ0) is 14.4. The molecule has 3 rings (SSSR count). The van der Waals surface area contributed by atoms with Gasteiger partial charge < -0.3 is 0 Å². The molecule has 0 spiro atoms. The van der Waals surface area contributed by atoms with Crippen molar-refractivity contribution in [2.24, 2.45) is 0 Å². The van der Waals surface area contributed by atoms with Gasteiger partial charge in [0, 0.05) is 0 Å². The lowest BCUT2D eigenvalue weighted by Crippen LogP contribution is -2.29. The van der Waals surface area contributed by atoms with Gasteiger partial charge in [0.1, 0.15) is 5.25 Å². The molecule has 0 bridgehead atoms. The predicted molar refractivity (Wildman–Crippen MR) is 81.0 cm³/mol. The van der Waals surface area contributed by atoms with E-state index in [1.54, 1.807) is 24.3 Å². The first-order valence-corrected chi connectivity index (χ1v) is 10.3. The lowest BCUT2D eigenvalue weighted by molar-refractivity contribution is 0.476. The van der Waals surface area contributed by atoms with Crippen LogP contribution < -0.4 is 0 Å². The summed E-state index contributed by atoms with van der Waals surface area (Å²) in [7, 11) is -6.30. The predicted octanol–water partition coefficient (Wildman–Crippen LogP) is 3.60. The summed E-state index contributed by atoms with van der Waals surface area (Å²) in [5.41, 5.74) is 0.595. The van der Waals surface area contributed by atoms with E-state index in [9.17, 15) is 17.5 Å². The van der Waals surface area contributed by atoms with Crippen LogP contribution in [0.1, 0.15) is 42.9 Å². The summed E-state index contributed by atoms with van der Waals surface area (Å²) in [6.07, 6.45) is 4.42. The summed E-state index contributed by atoms with van der Waals surface area (Å²) in [6.45, 7) is 0. The second-order valence-electron chi connectivity index (χ2n) is 5.71. The van der Waals surface area contributed by atoms with Crippen molar-refractivity contribution in [3.05, 3.63) is 29.8 Å². The maximum Gasteiger partial charge on any atom is 0.161 e. The summed E-state index contributed by atoms with van der Waals surface area (Å²) in [5.74, 6) is -0.0643. The Kier molecular flexibility index (Phi) is 3.61. The molecule has 6 heteroatoms. The minimum Gasteiger partial charge on any atom is -0.295 e. The summed E-state index contributed by atoms with van der Waals surface area (Å²) in [5, 5.41) is -1.06. The van der Waals surface area contributed by atoms with E-state index < -0.39 is 25.7 Å². The van der Waals surface area contributed by atoms with E-state index in [0.717, 1.165) is 19.3 Å². The van der Waals surface area contributed by atoms with Crippen LogP contribution in [0.5, 0.6) is 0 Å². The molecule has 2 N–H and O–H groups in total. The van der Waals surface area contributed by atoms with Gasteiger partial charge in [-0.1, -0.05) is 37.5 Å². The number of hydrogen-bond donors (Lipinski definition) is 2. The van der Waals surface area contributed by atoms with E-state index in [4.69, 9.17) is 0 Å². The molecule has 1 aromatic rings. The van der Waals surface area contributed by atoms with E-state index in [1.807, 2.05) is 0 Å². The van der Waals surface area contributed by atoms with Crippen molar-refractivity contribution >= 4 is 20.4 Å². The van der Waals surface area contributed by atoms with Crippen LogP contribution in [0.15, 0.2) is 29.2 Å². The van der Waals surface area contributed by atoms with Crippen LogP contribution >= 0.6 is 10.6 Å². The molecule has 0 amide bonds. The molecule has 0 radical (unpaired) electrons. The fraction of sp³-hybridized carbons (Fsp3) is 0.571. The number of hydrogen-bond acceptors (Lipinski definition) is 4. The Morgan fingerprint density at radius 3 is 2.40 bits per heavy atom. The number of fused-ring (bicyclic) bond motifs is 1. The van der Waals surface area contributed by atoms with E-state index in [1.165, 1.54) is 0 Å². The van der Waals surface area contributed by atoms with Crippen molar-refractivity contribution in [1.82, 2.24) is 0 Å². The number of sulfone groups is 1. The highest BCUT2D eigenvalue weighted by Gasteiger charge is 2.45. The number of rotatable bonds is 2. The summed E-state index contributed by atoms with van der Waals surface area (Å²) >= 11 is 0. The maximum atomic E-state index is 12.8. The quantitative estimate of drug-likeness (QED) is 0.874. The first-order valence-electron chi connectivity index (χ1n) is 7.00. The molecule has 20 heavy (non-hydrogen) atoms. The van der Waals surface area contributed by atoms with Gasteiger partial charge >= 0.3 is 0 Å². The first kappa shape index (κ1) is 14.4. The van der Waals surface area contributed by atoms with Crippen LogP contribution in [0.2, 0.25) is 0 Å². The molecule has 2 aliphatic rings. The minimum atomic E-state index is -3.35. The lowest BCUT2D eigenvalue weighted by atomic mass is 10.0. The van der Waals surface area contributed by atoms with Gasteiger partial charge in [-0.2, -0.15) is 10.6 Å². The van der Waals surface area contributed by atoms with E-state index in [0.29, 0.717) is 23.3 Å². The van der Waals surface area contributed by atoms with Gasteiger partial charge in [0.25, 0.3) is 0 Å². The smallest absolute Gasteiger partial charge is 0.161 e. The zero-order valence-electron chi connectivity index (χ0n) is 11.2. The van der Waals surface area contributed by atoms with Crippen molar-refractivity contribution in [2.75, 3.05) is 5.75 Å². The monoisotopic (exact) mass is 316 g/mol. The summed E-state index contributed by atoms with van der Waals surface area (Å²) in [4.78, 5) is 0.421. The molecule has 1 aliphatic heterocycles. The Balaban J connectivity index is 1.99. The minimum absolute atomic E-state index is 0.0643. The van der Waals surface area contributed by atoms with Gasteiger partial charge in [-0.3, -0.25) is 9.11 Å². The normalized spacial score (nSPS) is 28.0. The van der Waals surface area contributed by atoms with Crippen LogP contribution in [-0.4, -0.2) is 28.5 Å². The Bertz CT molecular complexity index is 603. The van der Waals surface area contributed by atoms with Gasteiger partial charge in [0.15, 0.2) is 9.84 Å². The molecule has 1 aliphatic carbocycles. The lowest BCUT2D eigenvalue weighted by Gasteiger charge is -2.29.